The van der Waals surface area contributed by atoms with Gasteiger partial charge >= 0.3 is 11.9 Å². The van der Waals surface area contributed by atoms with Crippen molar-refractivity contribution in [2.75, 3.05) is 7.11 Å². The quantitative estimate of drug-likeness (QED) is 0.0220. The zero-order valence-corrected chi connectivity index (χ0v) is 47.3. The summed E-state index contributed by atoms with van der Waals surface area (Å²) in [6.07, 6.45) is -1.32. The Labute approximate surface area is 498 Å². The van der Waals surface area contributed by atoms with Crippen molar-refractivity contribution in [2.24, 2.45) is 0 Å². The Bertz CT molecular complexity index is 3480. The molecule has 0 aliphatic carbocycles. The second-order valence-corrected chi connectivity index (χ2v) is 19.1. The summed E-state index contributed by atoms with van der Waals surface area (Å²) >= 11 is 0. The molecule has 86 heavy (non-hydrogen) atoms. The maximum atomic E-state index is 12.6. The van der Waals surface area contributed by atoms with Crippen molar-refractivity contribution in [1.29, 1.82) is 0 Å². The van der Waals surface area contributed by atoms with Crippen molar-refractivity contribution in [3.05, 3.63) is 287 Å². The predicted octanol–water partition coefficient (Wildman–Crippen LogP) is 13.3. The van der Waals surface area contributed by atoms with Crippen molar-refractivity contribution in [2.45, 2.75) is 59.4 Å². The van der Waals surface area contributed by atoms with E-state index in [0.717, 1.165) is 40.5 Å². The number of rotatable bonds is 27. The lowest BCUT2D eigenvalue weighted by atomic mass is 10.1. The van der Waals surface area contributed by atoms with Gasteiger partial charge in [-0.3, -0.25) is 24.0 Å². The van der Waals surface area contributed by atoms with Gasteiger partial charge in [0.1, 0.15) is 74.1 Å². The molecule has 15 nitrogen and oxygen atoms in total. The summed E-state index contributed by atoms with van der Waals surface area (Å²) in [6, 6.07) is 72.7. The van der Waals surface area contributed by atoms with Gasteiger partial charge in [-0.25, -0.2) is 9.59 Å². The number of esters is 1. The van der Waals surface area contributed by atoms with E-state index in [4.69, 9.17) is 33.5 Å². The minimum absolute atomic E-state index is 0.0188. The van der Waals surface area contributed by atoms with Crippen molar-refractivity contribution in [3.63, 3.8) is 0 Å². The first-order valence-corrected chi connectivity index (χ1v) is 27.2. The molecular formula is C71H62O15. The van der Waals surface area contributed by atoms with Crippen LogP contribution in [0, 0.1) is 0 Å². The first-order chi connectivity index (χ1) is 41.8. The van der Waals surface area contributed by atoms with Crippen LogP contribution in [-0.4, -0.2) is 53.1 Å². The van der Waals surface area contributed by atoms with E-state index < -0.39 is 47.9 Å². The summed E-state index contributed by atoms with van der Waals surface area (Å²) in [4.78, 5) is 82.1. The Morgan fingerprint density at radius 3 is 0.744 bits per heavy atom. The number of carboxylic acid groups (broad SMARTS) is 1. The summed E-state index contributed by atoms with van der Waals surface area (Å²) in [7, 11) is 1.10. The van der Waals surface area contributed by atoms with Gasteiger partial charge in [0, 0.05) is 34.9 Å². The van der Waals surface area contributed by atoms with Crippen molar-refractivity contribution in [1.82, 2.24) is 0 Å². The third kappa shape index (κ3) is 21.4. The van der Waals surface area contributed by atoms with Crippen molar-refractivity contribution >= 4 is 40.9 Å². The Morgan fingerprint density at radius 1 is 0.314 bits per heavy atom. The lowest BCUT2D eigenvalue weighted by Gasteiger charge is -2.12. The number of benzene rings is 9. The third-order valence-electron chi connectivity index (χ3n) is 12.5. The number of ether oxygens (including phenoxy) is 7. The number of carbonyl (C=O) groups is 7. The van der Waals surface area contributed by atoms with Crippen LogP contribution in [0.4, 0.5) is 0 Å². The summed E-state index contributed by atoms with van der Waals surface area (Å²) in [5.74, 6) is -3.06. The number of carboxylic acids is 1. The Kier molecular flexibility index (Phi) is 24.2. The molecule has 0 atom stereocenters. The van der Waals surface area contributed by atoms with Crippen LogP contribution in [-0.2, 0) is 63.6 Å². The van der Waals surface area contributed by atoms with Gasteiger partial charge < -0.3 is 38.3 Å². The van der Waals surface area contributed by atoms with Gasteiger partial charge in [0.2, 0.25) is 11.6 Å². The van der Waals surface area contributed by atoms with Crippen LogP contribution in [0.1, 0.15) is 84.2 Å². The van der Waals surface area contributed by atoms with Crippen molar-refractivity contribution < 1.29 is 71.8 Å². The van der Waals surface area contributed by atoms with Crippen LogP contribution < -0.4 is 28.4 Å². The predicted molar refractivity (Wildman–Crippen MR) is 322 cm³/mol. The second kappa shape index (κ2) is 33.2. The van der Waals surface area contributed by atoms with E-state index in [2.05, 4.69) is 4.74 Å². The highest BCUT2D eigenvalue weighted by molar-refractivity contribution is 6.38. The number of hydrogen-bond acceptors (Lipinski definition) is 14. The highest BCUT2D eigenvalue weighted by atomic mass is 16.5. The molecule has 0 spiro atoms. The zero-order valence-electron chi connectivity index (χ0n) is 47.3. The molecule has 0 amide bonds. The molecule has 0 aliphatic rings. The molecule has 0 aromatic heterocycles. The number of Topliss-reactive ketones (excluding diaryl/α,β-unsaturated/α-hetero) is 5. The molecule has 0 aliphatic heterocycles. The van der Waals surface area contributed by atoms with Crippen LogP contribution in [0.15, 0.2) is 237 Å². The molecule has 0 saturated heterocycles. The molecule has 1 N–H and O–H groups in total. The Balaban J connectivity index is 0.000000186. The fourth-order valence-corrected chi connectivity index (χ4v) is 7.94. The van der Waals surface area contributed by atoms with Gasteiger partial charge in [-0.1, -0.05) is 182 Å². The average molecular weight is 1160 g/mol. The number of hydrogen-bond donors (Lipinski definition) is 1. The Morgan fingerprint density at radius 2 is 0.535 bits per heavy atom. The first kappa shape index (κ1) is 62.7. The van der Waals surface area contributed by atoms with Crippen LogP contribution in [0.5, 0.6) is 34.5 Å². The van der Waals surface area contributed by atoms with E-state index in [1.807, 2.05) is 188 Å². The summed E-state index contributed by atoms with van der Waals surface area (Å²) in [5, 5.41) is 8.76. The molecule has 9 rings (SSSR count). The van der Waals surface area contributed by atoms with E-state index in [1.54, 1.807) is 24.3 Å². The fourth-order valence-electron chi connectivity index (χ4n) is 7.94. The maximum absolute atomic E-state index is 12.6. The molecule has 0 bridgehead atoms. The van der Waals surface area contributed by atoms with E-state index in [9.17, 15) is 33.6 Å². The molecule has 15 heteroatoms. The lowest BCUT2D eigenvalue weighted by molar-refractivity contribution is -0.151. The standard InChI is InChI=1S/C25H22O6.C24H20O6.C22H20O3/c1-29-25(28)24(27)15-23(26)20-12-21(30-16-18-8-4-2-5-9-18)14-22(13-20)31-17-19-10-6-3-7-11-19;25-22(14-23(26)24(27)28)19-11-20(29-15-17-7-3-1-4-8-17)13-21(12-19)30-16-18-9-5-2-6-10-18;1-17(23)20-12-21(24-15-18-8-4-2-5-9-18)14-22(13-20)25-16-19-10-6-3-7-11-19/h2-14H,15-17H2,1H3;1-13H,14-16H2,(H,27,28);2-14H,15-16H2,1H3. The van der Waals surface area contributed by atoms with Crippen LogP contribution >= 0.6 is 0 Å². The fraction of sp³-hybridized carbons (Fsp3) is 0.141. The highest BCUT2D eigenvalue weighted by Gasteiger charge is 2.22. The number of carbonyl (C=O) groups excluding carboxylic acids is 6. The van der Waals surface area contributed by atoms with Crippen LogP contribution in [0.2, 0.25) is 0 Å². The summed E-state index contributed by atoms with van der Waals surface area (Å²) in [6.45, 7) is 3.60. The molecular weight excluding hydrogens is 1090 g/mol. The van der Waals surface area contributed by atoms with Crippen LogP contribution in [0.3, 0.4) is 0 Å². The van der Waals surface area contributed by atoms with E-state index in [1.165, 1.54) is 31.2 Å². The van der Waals surface area contributed by atoms with Gasteiger partial charge in [-0.15, -0.1) is 0 Å². The average Bonchev–Trinajstić information content (AvgIpc) is 3.74. The van der Waals surface area contributed by atoms with Gasteiger partial charge in [0.25, 0.3) is 0 Å². The minimum Gasteiger partial charge on any atom is -0.489 e. The first-order valence-electron chi connectivity index (χ1n) is 27.2. The van der Waals surface area contributed by atoms with Gasteiger partial charge in [0.15, 0.2) is 17.3 Å². The third-order valence-corrected chi connectivity index (χ3v) is 12.5. The largest absolute Gasteiger partial charge is 0.489 e. The topological polar surface area (TPSA) is 204 Å². The second-order valence-electron chi connectivity index (χ2n) is 19.1. The SMILES string of the molecule is CC(=O)c1cc(OCc2ccccc2)cc(OCc2ccccc2)c1.COC(=O)C(=O)CC(=O)c1cc(OCc2ccccc2)cc(OCc2ccccc2)c1.O=C(O)C(=O)CC(=O)c1cc(OCc2ccccc2)cc(OCc2ccccc2)c1. The molecule has 436 valence electrons. The maximum Gasteiger partial charge on any atom is 0.374 e. The number of methoxy groups -OCH3 is 1. The summed E-state index contributed by atoms with van der Waals surface area (Å²) in [5.41, 5.74) is 6.91. The smallest absolute Gasteiger partial charge is 0.374 e. The zero-order chi connectivity index (χ0) is 60.9. The monoisotopic (exact) mass is 1150 g/mol. The van der Waals surface area contributed by atoms with Gasteiger partial charge in [-0.05, 0) is 76.7 Å². The van der Waals surface area contributed by atoms with Gasteiger partial charge in [-0.2, -0.15) is 0 Å². The van der Waals surface area contributed by atoms with Gasteiger partial charge in [0.05, 0.1) is 20.0 Å². The minimum atomic E-state index is -1.64. The Hall–Kier alpha value is -10.9. The van der Waals surface area contributed by atoms with E-state index in [0.29, 0.717) is 66.5 Å². The number of ketones is 5. The van der Waals surface area contributed by atoms with Crippen LogP contribution in [0.25, 0.3) is 0 Å². The summed E-state index contributed by atoms with van der Waals surface area (Å²) < 4.78 is 39.3. The highest BCUT2D eigenvalue weighted by Crippen LogP contribution is 2.29. The van der Waals surface area contributed by atoms with E-state index >= 15 is 0 Å². The number of aliphatic carboxylic acids is 1. The van der Waals surface area contributed by atoms with Crippen molar-refractivity contribution in [3.8, 4) is 34.5 Å². The lowest BCUT2D eigenvalue weighted by Crippen LogP contribution is -2.19. The molecule has 0 radical (unpaired) electrons. The molecule has 0 fully saturated rings. The molecule has 9 aromatic carbocycles. The van der Waals surface area contributed by atoms with E-state index in [-0.39, 0.29) is 30.1 Å². The normalized spacial score (nSPS) is 10.3. The molecule has 0 saturated carbocycles. The molecule has 0 heterocycles. The molecule has 0 unspecified atom stereocenters. The molecule has 9 aromatic rings.